The van der Waals surface area contributed by atoms with Gasteiger partial charge < -0.3 is 10.2 Å². The molecule has 1 unspecified atom stereocenters. The first-order valence-corrected chi connectivity index (χ1v) is 10.1. The molecule has 6 heteroatoms. The highest BCUT2D eigenvalue weighted by Gasteiger charge is 2.24. The van der Waals surface area contributed by atoms with Crippen LogP contribution in [-0.4, -0.2) is 64.8 Å². The number of carbonyl (C=O) groups is 1. The number of hydrogen-bond acceptors (Lipinski definition) is 4. The Morgan fingerprint density at radius 3 is 2.67 bits per heavy atom. The molecule has 1 N–H and O–H groups in total. The van der Waals surface area contributed by atoms with E-state index in [1.807, 2.05) is 21.8 Å². The molecular formula is C21H29N5O. The summed E-state index contributed by atoms with van der Waals surface area (Å²) in [7, 11) is 0. The minimum Gasteiger partial charge on any atom is -0.339 e. The largest absolute Gasteiger partial charge is 0.339 e. The zero-order valence-electron chi connectivity index (χ0n) is 15.9. The molecule has 1 aromatic carbocycles. The summed E-state index contributed by atoms with van der Waals surface area (Å²) in [4.78, 5) is 17.2. The SMILES string of the molecule is O=C(Cn1nccc1C1CCCNC1)N1CCN(Cc2ccccc2)CC1. The summed E-state index contributed by atoms with van der Waals surface area (Å²) >= 11 is 0. The maximum atomic E-state index is 12.8. The first-order valence-electron chi connectivity index (χ1n) is 10.1. The second-order valence-corrected chi connectivity index (χ2v) is 7.60. The maximum absolute atomic E-state index is 12.8. The van der Waals surface area contributed by atoms with Crippen LogP contribution in [0.2, 0.25) is 0 Å². The van der Waals surface area contributed by atoms with E-state index in [1.54, 1.807) is 0 Å². The summed E-state index contributed by atoms with van der Waals surface area (Å²) in [6.45, 7) is 6.85. The minimum atomic E-state index is 0.183. The zero-order valence-corrected chi connectivity index (χ0v) is 15.9. The predicted molar refractivity (Wildman–Crippen MR) is 105 cm³/mol. The molecule has 27 heavy (non-hydrogen) atoms. The highest BCUT2D eigenvalue weighted by molar-refractivity contribution is 5.76. The Labute approximate surface area is 161 Å². The van der Waals surface area contributed by atoms with E-state index in [9.17, 15) is 4.79 Å². The van der Waals surface area contributed by atoms with Gasteiger partial charge in [-0.15, -0.1) is 0 Å². The Balaban J connectivity index is 1.29. The second kappa shape index (κ2) is 8.67. The number of carbonyl (C=O) groups excluding carboxylic acids is 1. The van der Waals surface area contributed by atoms with Crippen molar-refractivity contribution in [1.82, 2.24) is 24.9 Å². The van der Waals surface area contributed by atoms with Gasteiger partial charge in [0.25, 0.3) is 0 Å². The number of amides is 1. The van der Waals surface area contributed by atoms with Gasteiger partial charge in [-0.1, -0.05) is 30.3 Å². The monoisotopic (exact) mass is 367 g/mol. The number of hydrogen-bond donors (Lipinski definition) is 1. The molecule has 2 aliphatic heterocycles. The number of piperazine rings is 1. The lowest BCUT2D eigenvalue weighted by atomic mass is 9.96. The van der Waals surface area contributed by atoms with E-state index in [1.165, 1.54) is 24.1 Å². The van der Waals surface area contributed by atoms with Crippen LogP contribution in [0, 0.1) is 0 Å². The number of nitrogens with one attached hydrogen (secondary N) is 1. The van der Waals surface area contributed by atoms with Gasteiger partial charge in [0.1, 0.15) is 6.54 Å². The molecule has 0 radical (unpaired) electrons. The Morgan fingerprint density at radius 1 is 1.11 bits per heavy atom. The molecule has 0 spiro atoms. The molecule has 2 aromatic rings. The molecule has 4 rings (SSSR count). The van der Waals surface area contributed by atoms with E-state index in [0.29, 0.717) is 12.5 Å². The maximum Gasteiger partial charge on any atom is 0.244 e. The van der Waals surface area contributed by atoms with Crippen LogP contribution in [0.25, 0.3) is 0 Å². The van der Waals surface area contributed by atoms with Crippen LogP contribution >= 0.6 is 0 Å². The molecule has 0 aliphatic carbocycles. The van der Waals surface area contributed by atoms with Gasteiger partial charge >= 0.3 is 0 Å². The lowest BCUT2D eigenvalue weighted by Crippen LogP contribution is -2.49. The number of rotatable bonds is 5. The van der Waals surface area contributed by atoms with Crippen molar-refractivity contribution in [2.24, 2.45) is 0 Å². The predicted octanol–water partition coefficient (Wildman–Crippen LogP) is 1.69. The summed E-state index contributed by atoms with van der Waals surface area (Å²) in [6, 6.07) is 12.6. The van der Waals surface area contributed by atoms with Crippen LogP contribution in [0.15, 0.2) is 42.6 Å². The molecule has 1 atom stereocenters. The van der Waals surface area contributed by atoms with E-state index < -0.39 is 0 Å². The Hall–Kier alpha value is -2.18. The summed E-state index contributed by atoms with van der Waals surface area (Å²) in [5.74, 6) is 0.653. The normalized spacial score (nSPS) is 21.3. The third kappa shape index (κ3) is 4.57. The molecule has 0 saturated carbocycles. The van der Waals surface area contributed by atoms with Gasteiger partial charge in [0.05, 0.1) is 0 Å². The van der Waals surface area contributed by atoms with Crippen molar-refractivity contribution in [3.05, 3.63) is 53.9 Å². The van der Waals surface area contributed by atoms with Crippen molar-refractivity contribution in [1.29, 1.82) is 0 Å². The summed E-state index contributed by atoms with van der Waals surface area (Å²) in [5, 5.41) is 7.88. The van der Waals surface area contributed by atoms with Crippen LogP contribution < -0.4 is 5.32 Å². The Bertz CT molecular complexity index is 730. The molecule has 1 amide bonds. The lowest BCUT2D eigenvalue weighted by molar-refractivity contribution is -0.133. The minimum absolute atomic E-state index is 0.183. The fourth-order valence-electron chi connectivity index (χ4n) is 4.15. The first kappa shape index (κ1) is 18.2. The average molecular weight is 367 g/mol. The fourth-order valence-corrected chi connectivity index (χ4v) is 4.15. The van der Waals surface area contributed by atoms with Gasteiger partial charge in [-0.3, -0.25) is 14.4 Å². The molecule has 2 saturated heterocycles. The van der Waals surface area contributed by atoms with Gasteiger partial charge in [0.15, 0.2) is 0 Å². The topological polar surface area (TPSA) is 53.4 Å². The lowest BCUT2D eigenvalue weighted by Gasteiger charge is -2.35. The summed E-state index contributed by atoms with van der Waals surface area (Å²) in [5.41, 5.74) is 2.53. The summed E-state index contributed by atoms with van der Waals surface area (Å²) in [6.07, 6.45) is 4.19. The third-order valence-corrected chi connectivity index (χ3v) is 5.72. The smallest absolute Gasteiger partial charge is 0.244 e. The Morgan fingerprint density at radius 2 is 1.93 bits per heavy atom. The van der Waals surface area contributed by atoms with Crippen molar-refractivity contribution < 1.29 is 4.79 Å². The molecule has 6 nitrogen and oxygen atoms in total. The summed E-state index contributed by atoms with van der Waals surface area (Å²) < 4.78 is 1.91. The van der Waals surface area contributed by atoms with Crippen molar-refractivity contribution in [3.63, 3.8) is 0 Å². The van der Waals surface area contributed by atoms with E-state index in [0.717, 1.165) is 45.8 Å². The van der Waals surface area contributed by atoms with Crippen LogP contribution in [0.1, 0.15) is 30.0 Å². The first-order chi connectivity index (χ1) is 13.3. The average Bonchev–Trinajstić information content (AvgIpc) is 3.18. The highest BCUT2D eigenvalue weighted by atomic mass is 16.2. The molecule has 1 aromatic heterocycles. The van der Waals surface area contributed by atoms with E-state index in [2.05, 4.69) is 45.6 Å². The van der Waals surface area contributed by atoms with Gasteiger partial charge in [0, 0.05) is 57.1 Å². The fraction of sp³-hybridized carbons (Fsp3) is 0.524. The van der Waals surface area contributed by atoms with E-state index >= 15 is 0 Å². The van der Waals surface area contributed by atoms with Crippen molar-refractivity contribution in [3.8, 4) is 0 Å². The van der Waals surface area contributed by atoms with Crippen molar-refractivity contribution >= 4 is 5.91 Å². The molecular weight excluding hydrogens is 338 g/mol. The number of benzene rings is 1. The standard InChI is InChI=1S/C21H29N5O/c27-21(17-26-20(8-10-23-26)19-7-4-9-22-15-19)25-13-11-24(12-14-25)16-18-5-2-1-3-6-18/h1-3,5-6,8,10,19,22H,4,7,9,11-17H2. The Kier molecular flexibility index (Phi) is 5.84. The van der Waals surface area contributed by atoms with Gasteiger partial charge in [-0.05, 0) is 31.0 Å². The van der Waals surface area contributed by atoms with Crippen molar-refractivity contribution in [2.45, 2.75) is 31.8 Å². The van der Waals surface area contributed by atoms with Gasteiger partial charge in [-0.2, -0.15) is 5.10 Å². The van der Waals surface area contributed by atoms with Crippen LogP contribution in [0.4, 0.5) is 0 Å². The number of piperidine rings is 1. The van der Waals surface area contributed by atoms with E-state index in [4.69, 9.17) is 0 Å². The highest BCUT2D eigenvalue weighted by Crippen LogP contribution is 2.23. The third-order valence-electron chi connectivity index (χ3n) is 5.72. The molecule has 3 heterocycles. The quantitative estimate of drug-likeness (QED) is 0.874. The number of nitrogens with zero attached hydrogens (tertiary/aromatic N) is 4. The molecule has 2 aliphatic rings. The van der Waals surface area contributed by atoms with Crippen molar-refractivity contribution in [2.75, 3.05) is 39.3 Å². The molecule has 144 valence electrons. The molecule has 2 fully saturated rings. The van der Waals surface area contributed by atoms with Crippen LogP contribution in [0.5, 0.6) is 0 Å². The van der Waals surface area contributed by atoms with Gasteiger partial charge in [-0.25, -0.2) is 0 Å². The van der Waals surface area contributed by atoms with Gasteiger partial charge in [0.2, 0.25) is 5.91 Å². The van der Waals surface area contributed by atoms with Crippen LogP contribution in [-0.2, 0) is 17.9 Å². The zero-order chi connectivity index (χ0) is 18.5. The number of aromatic nitrogens is 2. The second-order valence-electron chi connectivity index (χ2n) is 7.60. The molecule has 0 bridgehead atoms. The van der Waals surface area contributed by atoms with E-state index in [-0.39, 0.29) is 5.91 Å². The van der Waals surface area contributed by atoms with Crippen LogP contribution in [0.3, 0.4) is 0 Å².